The van der Waals surface area contributed by atoms with Crippen LogP contribution in [0.1, 0.15) is 105 Å². The van der Waals surface area contributed by atoms with Crippen molar-refractivity contribution < 1.29 is 9.53 Å². The first kappa shape index (κ1) is 25.9. The summed E-state index contributed by atoms with van der Waals surface area (Å²) in [7, 11) is 0. The van der Waals surface area contributed by atoms with Crippen LogP contribution in [-0.4, -0.2) is 25.2 Å². The highest BCUT2D eigenvalue weighted by Crippen LogP contribution is 2.43. The Labute approximate surface area is 191 Å². The van der Waals surface area contributed by atoms with Crippen LogP contribution in [0.2, 0.25) is 0 Å². The van der Waals surface area contributed by atoms with Crippen LogP contribution in [0, 0.1) is 10.8 Å². The lowest BCUT2D eigenvalue weighted by atomic mass is 9.65. The summed E-state index contributed by atoms with van der Waals surface area (Å²) in [5.41, 5.74) is 2.41. The van der Waals surface area contributed by atoms with Gasteiger partial charge in [0.25, 0.3) is 0 Å². The zero-order valence-electron chi connectivity index (χ0n) is 20.7. The summed E-state index contributed by atoms with van der Waals surface area (Å²) in [6.45, 7) is 14.5. The number of hydrogen-bond acceptors (Lipinski definition) is 2. The Morgan fingerprint density at radius 3 is 2.39 bits per heavy atom. The van der Waals surface area contributed by atoms with Gasteiger partial charge in [0.05, 0.1) is 18.1 Å². The van der Waals surface area contributed by atoms with Crippen molar-refractivity contribution in [2.75, 3.05) is 13.2 Å². The topological polar surface area (TPSA) is 38.3 Å². The minimum Gasteiger partial charge on any atom is -0.379 e. The molecule has 0 aromatic rings. The van der Waals surface area contributed by atoms with E-state index in [1.807, 2.05) is 6.08 Å². The van der Waals surface area contributed by atoms with E-state index in [4.69, 9.17) is 4.74 Å². The second-order valence-electron chi connectivity index (χ2n) is 10.5. The molecule has 0 radical (unpaired) electrons. The van der Waals surface area contributed by atoms with Crippen molar-refractivity contribution in [2.24, 2.45) is 10.8 Å². The lowest BCUT2D eigenvalue weighted by Gasteiger charge is -2.49. The van der Waals surface area contributed by atoms with E-state index in [1.54, 1.807) is 0 Å². The number of nitrogens with one attached hydrogen (secondary N) is 1. The zero-order valence-corrected chi connectivity index (χ0v) is 20.7. The average molecular weight is 430 g/mol. The molecule has 31 heavy (non-hydrogen) atoms. The van der Waals surface area contributed by atoms with Crippen molar-refractivity contribution in [1.29, 1.82) is 0 Å². The molecule has 1 unspecified atom stereocenters. The zero-order chi connectivity index (χ0) is 22.7. The first-order valence-corrected chi connectivity index (χ1v) is 12.7. The number of fused-ring (bicyclic) bond motifs is 1. The number of β-lactam (4-membered cyclic amide) rings is 1. The van der Waals surface area contributed by atoms with E-state index in [0.717, 1.165) is 32.3 Å². The summed E-state index contributed by atoms with van der Waals surface area (Å²) >= 11 is 0. The van der Waals surface area contributed by atoms with Gasteiger partial charge in [-0.25, -0.2) is 0 Å². The predicted molar refractivity (Wildman–Crippen MR) is 132 cm³/mol. The van der Waals surface area contributed by atoms with Gasteiger partial charge in [-0.15, -0.1) is 0 Å². The van der Waals surface area contributed by atoms with E-state index in [9.17, 15) is 4.79 Å². The first-order valence-electron chi connectivity index (χ1n) is 12.7. The Bertz CT molecular complexity index is 645. The molecule has 1 fully saturated rings. The Morgan fingerprint density at radius 1 is 1.13 bits per heavy atom. The molecule has 2 rings (SSSR count). The molecule has 1 saturated heterocycles. The average Bonchev–Trinajstić information content (AvgIpc) is 2.72. The fourth-order valence-electron chi connectivity index (χ4n) is 5.33. The van der Waals surface area contributed by atoms with Crippen LogP contribution in [0.3, 0.4) is 0 Å². The normalized spacial score (nSPS) is 32.3. The third kappa shape index (κ3) is 7.34. The van der Waals surface area contributed by atoms with Gasteiger partial charge in [-0.2, -0.15) is 0 Å². The number of amides is 1. The number of hydrogen-bond donors (Lipinski definition) is 1. The lowest BCUT2D eigenvalue weighted by molar-refractivity contribution is -0.150. The van der Waals surface area contributed by atoms with Crippen LogP contribution < -0.4 is 5.32 Å². The maximum absolute atomic E-state index is 12.8. The van der Waals surface area contributed by atoms with Gasteiger partial charge in [0.2, 0.25) is 5.91 Å². The Balaban J connectivity index is 2.23. The second kappa shape index (κ2) is 12.6. The van der Waals surface area contributed by atoms with E-state index in [-0.39, 0.29) is 22.8 Å². The maximum atomic E-state index is 12.8. The van der Waals surface area contributed by atoms with E-state index in [2.05, 4.69) is 51.7 Å². The quantitative estimate of drug-likeness (QED) is 0.478. The Morgan fingerprint density at radius 2 is 1.77 bits per heavy atom. The molecule has 3 nitrogen and oxygen atoms in total. The molecule has 0 spiro atoms. The summed E-state index contributed by atoms with van der Waals surface area (Å²) < 4.78 is 6.02. The number of carbonyl (C=O) groups is 1. The van der Waals surface area contributed by atoms with Gasteiger partial charge in [-0.1, -0.05) is 103 Å². The van der Waals surface area contributed by atoms with Crippen molar-refractivity contribution >= 4 is 5.91 Å². The molecule has 1 amide bonds. The van der Waals surface area contributed by atoms with Crippen molar-refractivity contribution in [2.45, 2.75) is 111 Å². The molecule has 0 bridgehead atoms. The molecule has 176 valence electrons. The highest BCUT2D eigenvalue weighted by Gasteiger charge is 2.53. The smallest absolute Gasteiger partial charge is 0.229 e. The minimum absolute atomic E-state index is 0.112. The van der Waals surface area contributed by atoms with Gasteiger partial charge >= 0.3 is 0 Å². The number of carbonyl (C=O) groups excluding carboxylic acids is 1. The fraction of sp³-hybridized carbons (Fsp3) is 0.750. The molecular weight excluding hydrogens is 382 g/mol. The largest absolute Gasteiger partial charge is 0.379 e. The molecule has 0 saturated carbocycles. The molecule has 2 heterocycles. The van der Waals surface area contributed by atoms with Gasteiger partial charge in [0, 0.05) is 6.61 Å². The van der Waals surface area contributed by atoms with Crippen molar-refractivity contribution in [1.82, 2.24) is 5.32 Å². The third-order valence-electron chi connectivity index (χ3n) is 7.32. The first-order chi connectivity index (χ1) is 14.9. The van der Waals surface area contributed by atoms with Crippen LogP contribution in [0.25, 0.3) is 0 Å². The standard InChI is InChI=1S/C28H47NO2/c1-6-16-24-20-23(3)21-28(17-7-2)25(29-26(28)30)22-31-19-15-13-11-9-8-10-12-14-18-27(24,4)5/h6,16,20,25H,1,7-15,17-19,21-22H2,2-5H3,(H,29,30)/b23-20+,24-16+/t25?,28-/m0/s1. The number of ether oxygens (including phenoxy) is 1. The van der Waals surface area contributed by atoms with Crippen LogP contribution in [0.15, 0.2) is 36.0 Å². The summed E-state index contributed by atoms with van der Waals surface area (Å²) in [6, 6.07) is 0.130. The molecule has 2 aliphatic rings. The van der Waals surface area contributed by atoms with Crippen LogP contribution >= 0.6 is 0 Å². The third-order valence-corrected chi connectivity index (χ3v) is 7.32. The summed E-state index contributed by atoms with van der Waals surface area (Å²) in [6.07, 6.45) is 20.6. The van der Waals surface area contributed by atoms with Crippen molar-refractivity contribution in [3.05, 3.63) is 36.0 Å². The monoisotopic (exact) mass is 429 g/mol. The van der Waals surface area contributed by atoms with Crippen molar-refractivity contribution in [3.8, 4) is 0 Å². The van der Waals surface area contributed by atoms with Gasteiger partial charge < -0.3 is 10.1 Å². The summed E-state index contributed by atoms with van der Waals surface area (Å²) in [5.74, 6) is 0.204. The molecule has 0 aromatic carbocycles. The predicted octanol–water partition coefficient (Wildman–Crippen LogP) is 7.29. The SMILES string of the molecule is C=C/C=C1\C=C(/C)C[C@]2(CCC)C(=O)NC2COCCCCCCCCCCC1(C)C. The summed E-state index contributed by atoms with van der Waals surface area (Å²) in [4.78, 5) is 12.8. The second-order valence-corrected chi connectivity index (χ2v) is 10.5. The minimum atomic E-state index is -0.318. The van der Waals surface area contributed by atoms with Gasteiger partial charge in [0.15, 0.2) is 0 Å². The van der Waals surface area contributed by atoms with Crippen LogP contribution in [0.4, 0.5) is 0 Å². The van der Waals surface area contributed by atoms with E-state index in [0.29, 0.717) is 6.61 Å². The summed E-state index contributed by atoms with van der Waals surface area (Å²) in [5, 5.41) is 3.15. The van der Waals surface area contributed by atoms with Crippen LogP contribution in [-0.2, 0) is 9.53 Å². The van der Waals surface area contributed by atoms with Gasteiger partial charge in [-0.05, 0) is 43.6 Å². The molecular formula is C28H47NO2. The maximum Gasteiger partial charge on any atom is 0.229 e. The molecule has 2 aliphatic heterocycles. The Hall–Kier alpha value is -1.35. The van der Waals surface area contributed by atoms with Crippen LogP contribution in [0.5, 0.6) is 0 Å². The molecule has 2 atom stereocenters. The lowest BCUT2D eigenvalue weighted by Crippen LogP contribution is -2.68. The molecule has 0 aliphatic carbocycles. The van der Waals surface area contributed by atoms with Crippen molar-refractivity contribution in [3.63, 3.8) is 0 Å². The fourth-order valence-corrected chi connectivity index (χ4v) is 5.33. The van der Waals surface area contributed by atoms with E-state index < -0.39 is 0 Å². The molecule has 3 heteroatoms. The molecule has 1 N–H and O–H groups in total. The Kier molecular flexibility index (Phi) is 10.6. The number of allylic oxidation sites excluding steroid dienone is 5. The number of rotatable bonds is 3. The van der Waals surface area contributed by atoms with E-state index in [1.165, 1.54) is 62.5 Å². The van der Waals surface area contributed by atoms with Gasteiger partial charge in [-0.3, -0.25) is 4.79 Å². The van der Waals surface area contributed by atoms with E-state index >= 15 is 0 Å². The molecule has 0 aromatic heterocycles. The highest BCUT2D eigenvalue weighted by atomic mass is 16.5. The van der Waals surface area contributed by atoms with Gasteiger partial charge in [0.1, 0.15) is 0 Å². The highest BCUT2D eigenvalue weighted by molar-refractivity contribution is 5.90.